The summed E-state index contributed by atoms with van der Waals surface area (Å²) in [5, 5.41) is 0. The Kier molecular flexibility index (Phi) is 11.5. The molecule has 0 saturated heterocycles. The summed E-state index contributed by atoms with van der Waals surface area (Å²) in [5.41, 5.74) is 2.35. The van der Waals surface area contributed by atoms with Gasteiger partial charge >= 0.3 is 11.9 Å². The van der Waals surface area contributed by atoms with Gasteiger partial charge in [0, 0.05) is 6.42 Å². The van der Waals surface area contributed by atoms with Gasteiger partial charge in [0.1, 0.15) is 0 Å². The molecule has 2 aromatic rings. The van der Waals surface area contributed by atoms with Gasteiger partial charge in [-0.25, -0.2) is 9.59 Å². The van der Waals surface area contributed by atoms with Crippen molar-refractivity contribution in [3.8, 4) is 0 Å². The average molecular weight is 443 g/mol. The van der Waals surface area contributed by atoms with E-state index in [2.05, 4.69) is 6.92 Å². The Labute approximate surface area is 190 Å². The predicted molar refractivity (Wildman–Crippen MR) is 122 cm³/mol. The minimum atomic E-state index is -1.01. The molecular formula is C26H34O6. The van der Waals surface area contributed by atoms with E-state index in [4.69, 9.17) is 19.6 Å². The first-order valence-electron chi connectivity index (χ1n) is 11.4. The zero-order valence-electron chi connectivity index (χ0n) is 19.3. The third-order valence-electron chi connectivity index (χ3n) is 5.24. The van der Waals surface area contributed by atoms with E-state index in [0.29, 0.717) is 17.5 Å². The van der Waals surface area contributed by atoms with Gasteiger partial charge in [-0.2, -0.15) is 0 Å². The van der Waals surface area contributed by atoms with Gasteiger partial charge in [-0.1, -0.05) is 81.8 Å². The number of carbonyl (C=O) groups excluding carboxylic acids is 2. The van der Waals surface area contributed by atoms with Gasteiger partial charge in [0.25, 0.3) is 0 Å². The van der Waals surface area contributed by atoms with Gasteiger partial charge in [0.15, 0.2) is 0 Å². The Morgan fingerprint density at radius 3 is 1.59 bits per heavy atom. The van der Waals surface area contributed by atoms with Crippen LogP contribution in [0.1, 0.15) is 90.1 Å². The normalized spacial score (nSPS) is 10.9. The molecule has 6 nitrogen and oxygen atoms in total. The fourth-order valence-corrected chi connectivity index (χ4v) is 3.27. The molecule has 0 aromatic heterocycles. The van der Waals surface area contributed by atoms with Crippen LogP contribution < -0.4 is 0 Å². The smallest absolute Gasteiger partial charge is 0.290 e. The van der Waals surface area contributed by atoms with Gasteiger partial charge in [0.05, 0.1) is 11.1 Å². The Hall–Kier alpha value is -2.70. The Balaban J connectivity index is 1.88. The summed E-state index contributed by atoms with van der Waals surface area (Å²) >= 11 is 0. The van der Waals surface area contributed by atoms with E-state index >= 15 is 0 Å². The number of carbonyl (C=O) groups is 2. The van der Waals surface area contributed by atoms with Gasteiger partial charge in [-0.3, -0.25) is 9.78 Å². The van der Waals surface area contributed by atoms with Crippen LogP contribution in [0.25, 0.3) is 0 Å². The first-order chi connectivity index (χ1) is 15.5. The Morgan fingerprint density at radius 2 is 1.12 bits per heavy atom. The molecule has 0 bridgehead atoms. The lowest BCUT2D eigenvalue weighted by molar-refractivity contribution is -0.421. The molecule has 174 valence electrons. The highest BCUT2D eigenvalue weighted by Crippen LogP contribution is 2.16. The molecule has 2 rings (SSSR count). The fourth-order valence-electron chi connectivity index (χ4n) is 3.27. The fraction of sp³-hybridized carbons (Fsp3) is 0.462. The average Bonchev–Trinajstić information content (AvgIpc) is 2.80. The SMILES string of the molecule is CCCCCCCCCC(OOC(=O)c1ccccc1C)OOC(=O)c1ccccc1C. The van der Waals surface area contributed by atoms with E-state index in [1.807, 2.05) is 38.1 Å². The lowest BCUT2D eigenvalue weighted by Gasteiger charge is -2.16. The van der Waals surface area contributed by atoms with Gasteiger partial charge in [-0.05, 0) is 43.5 Å². The number of benzene rings is 2. The zero-order valence-corrected chi connectivity index (χ0v) is 19.3. The lowest BCUT2D eigenvalue weighted by Crippen LogP contribution is -2.22. The molecule has 0 unspecified atom stereocenters. The molecule has 0 fully saturated rings. The number of aryl methyl sites for hydroxylation is 2. The number of hydrogen-bond acceptors (Lipinski definition) is 6. The molecular weight excluding hydrogens is 408 g/mol. The highest BCUT2D eigenvalue weighted by Gasteiger charge is 2.20. The van der Waals surface area contributed by atoms with Crippen molar-refractivity contribution in [3.63, 3.8) is 0 Å². The summed E-state index contributed by atoms with van der Waals surface area (Å²) in [6.07, 6.45) is 7.19. The van der Waals surface area contributed by atoms with E-state index in [0.717, 1.165) is 30.4 Å². The second kappa shape index (κ2) is 14.4. The number of unbranched alkanes of at least 4 members (excludes halogenated alkanes) is 6. The summed E-state index contributed by atoms with van der Waals surface area (Å²) in [5.74, 6) is -1.25. The monoisotopic (exact) mass is 442 g/mol. The van der Waals surface area contributed by atoms with Crippen molar-refractivity contribution in [1.29, 1.82) is 0 Å². The van der Waals surface area contributed by atoms with Crippen molar-refractivity contribution in [1.82, 2.24) is 0 Å². The summed E-state index contributed by atoms with van der Waals surface area (Å²) in [7, 11) is 0. The third kappa shape index (κ3) is 8.81. The number of rotatable bonds is 14. The summed E-state index contributed by atoms with van der Waals surface area (Å²) in [6.45, 7) is 5.82. The first kappa shape index (κ1) is 25.6. The van der Waals surface area contributed by atoms with Crippen molar-refractivity contribution in [2.75, 3.05) is 0 Å². The van der Waals surface area contributed by atoms with Crippen LogP contribution in [0.15, 0.2) is 48.5 Å². The van der Waals surface area contributed by atoms with E-state index in [1.165, 1.54) is 25.7 Å². The van der Waals surface area contributed by atoms with Crippen molar-refractivity contribution >= 4 is 11.9 Å². The topological polar surface area (TPSA) is 71.1 Å². The van der Waals surface area contributed by atoms with Gasteiger partial charge in [0.2, 0.25) is 6.29 Å². The minimum absolute atomic E-state index is 0.402. The minimum Gasteiger partial charge on any atom is -0.290 e. The predicted octanol–water partition coefficient (Wildman–Crippen LogP) is 6.65. The maximum absolute atomic E-state index is 12.3. The van der Waals surface area contributed by atoms with Crippen LogP contribution in [0.2, 0.25) is 0 Å². The molecule has 0 amide bonds. The summed E-state index contributed by atoms with van der Waals surface area (Å²) in [6, 6.07) is 14.1. The van der Waals surface area contributed by atoms with Crippen LogP contribution in [-0.2, 0) is 19.6 Å². The molecule has 0 radical (unpaired) electrons. The first-order valence-corrected chi connectivity index (χ1v) is 11.4. The molecule has 32 heavy (non-hydrogen) atoms. The van der Waals surface area contributed by atoms with Crippen molar-refractivity contribution in [3.05, 3.63) is 70.8 Å². The molecule has 2 aromatic carbocycles. The van der Waals surface area contributed by atoms with Gasteiger partial charge < -0.3 is 0 Å². The maximum atomic E-state index is 12.3. The van der Waals surface area contributed by atoms with Crippen LogP contribution in [0.4, 0.5) is 0 Å². The molecule has 0 heterocycles. The third-order valence-corrected chi connectivity index (χ3v) is 5.24. The van der Waals surface area contributed by atoms with E-state index in [9.17, 15) is 9.59 Å². The Morgan fingerprint density at radius 1 is 0.688 bits per heavy atom. The molecule has 0 saturated carbocycles. The van der Waals surface area contributed by atoms with E-state index in [-0.39, 0.29) is 0 Å². The second-order valence-corrected chi connectivity index (χ2v) is 7.90. The molecule has 0 aliphatic rings. The summed E-state index contributed by atoms with van der Waals surface area (Å²) < 4.78 is 0. The molecule has 0 atom stereocenters. The molecule has 6 heteroatoms. The largest absolute Gasteiger partial charge is 0.373 e. The molecule has 0 spiro atoms. The zero-order chi connectivity index (χ0) is 23.2. The van der Waals surface area contributed by atoms with E-state index in [1.54, 1.807) is 24.3 Å². The Bertz CT molecular complexity index is 786. The highest BCUT2D eigenvalue weighted by atomic mass is 17.3. The molecule has 0 N–H and O–H groups in total. The quantitative estimate of drug-likeness (QED) is 0.141. The van der Waals surface area contributed by atoms with Crippen LogP contribution >= 0.6 is 0 Å². The lowest BCUT2D eigenvalue weighted by atomic mass is 10.1. The van der Waals surface area contributed by atoms with Crippen LogP contribution in [-0.4, -0.2) is 18.2 Å². The molecule has 0 aliphatic carbocycles. The maximum Gasteiger partial charge on any atom is 0.373 e. The molecule has 0 aliphatic heterocycles. The van der Waals surface area contributed by atoms with Crippen molar-refractivity contribution in [2.45, 2.75) is 78.4 Å². The van der Waals surface area contributed by atoms with Crippen LogP contribution in [0.5, 0.6) is 0 Å². The summed E-state index contributed by atoms with van der Waals surface area (Å²) in [4.78, 5) is 45.1. The van der Waals surface area contributed by atoms with E-state index < -0.39 is 18.2 Å². The number of hydrogen-bond donors (Lipinski definition) is 0. The standard InChI is InChI=1S/C26H34O6/c1-4-5-6-7-8-9-10-19-24(29-31-25(27)22-17-13-11-15-20(22)2)30-32-26(28)23-18-14-12-16-21(23)3/h11-18,24H,4-10,19H2,1-3H3. The van der Waals surface area contributed by atoms with Crippen LogP contribution in [0.3, 0.4) is 0 Å². The van der Waals surface area contributed by atoms with Crippen molar-refractivity contribution < 1.29 is 29.1 Å². The van der Waals surface area contributed by atoms with Gasteiger partial charge in [-0.15, -0.1) is 9.78 Å². The van der Waals surface area contributed by atoms with Crippen molar-refractivity contribution in [2.24, 2.45) is 0 Å². The van der Waals surface area contributed by atoms with Crippen LogP contribution in [0, 0.1) is 13.8 Å². The highest BCUT2D eigenvalue weighted by molar-refractivity contribution is 5.91. The second-order valence-electron chi connectivity index (χ2n) is 7.90.